The van der Waals surface area contributed by atoms with E-state index < -0.39 is 5.97 Å². The Balaban J connectivity index is 1.59. The zero-order valence-corrected chi connectivity index (χ0v) is 18.8. The van der Waals surface area contributed by atoms with Gasteiger partial charge < -0.3 is 19.1 Å². The Morgan fingerprint density at radius 2 is 1.81 bits per heavy atom. The van der Waals surface area contributed by atoms with Crippen LogP contribution >= 0.6 is 0 Å². The van der Waals surface area contributed by atoms with Gasteiger partial charge in [0.15, 0.2) is 5.58 Å². The zero-order valence-electron chi connectivity index (χ0n) is 18.8. The van der Waals surface area contributed by atoms with Crippen LogP contribution < -0.4 is 9.47 Å². The quantitative estimate of drug-likeness (QED) is 0.412. The van der Waals surface area contributed by atoms with Crippen molar-refractivity contribution < 1.29 is 23.9 Å². The van der Waals surface area contributed by atoms with Gasteiger partial charge in [-0.15, -0.1) is 0 Å². The highest BCUT2D eigenvalue weighted by atomic mass is 16.5. The molecule has 0 fully saturated rings. The number of carboxylic acid groups (broad SMARTS) is 1. The SMILES string of the molecule is CCCc1c(OCCCOc2c(C)cc(CC(=O)O)cc2C)ccc2c(CC)noc12. The minimum absolute atomic E-state index is 0.0190. The van der Waals surface area contributed by atoms with Crippen LogP contribution in [0.2, 0.25) is 0 Å². The third-order valence-electron chi connectivity index (χ3n) is 5.28. The van der Waals surface area contributed by atoms with Crippen LogP contribution in [0.15, 0.2) is 28.8 Å². The molecular weight excluding hydrogens is 394 g/mol. The third-order valence-corrected chi connectivity index (χ3v) is 5.28. The molecule has 0 unspecified atom stereocenters. The molecule has 3 aromatic rings. The molecular formula is C25H31NO5. The number of fused-ring (bicyclic) bond motifs is 1. The fourth-order valence-electron chi connectivity index (χ4n) is 3.93. The number of hydrogen-bond acceptors (Lipinski definition) is 5. The second-order valence-corrected chi connectivity index (χ2v) is 7.83. The molecule has 1 heterocycles. The van der Waals surface area contributed by atoms with Gasteiger partial charge in [0.25, 0.3) is 0 Å². The van der Waals surface area contributed by atoms with E-state index in [1.54, 1.807) is 0 Å². The molecule has 2 aromatic carbocycles. The van der Waals surface area contributed by atoms with Gasteiger partial charge in [0.2, 0.25) is 0 Å². The topological polar surface area (TPSA) is 81.8 Å². The van der Waals surface area contributed by atoms with Crippen LogP contribution in [0.1, 0.15) is 54.6 Å². The van der Waals surface area contributed by atoms with Crippen LogP contribution in [-0.4, -0.2) is 29.4 Å². The lowest BCUT2D eigenvalue weighted by atomic mass is 10.0. The smallest absolute Gasteiger partial charge is 0.307 e. The monoisotopic (exact) mass is 425 g/mol. The van der Waals surface area contributed by atoms with Crippen molar-refractivity contribution in [1.82, 2.24) is 5.16 Å². The summed E-state index contributed by atoms with van der Waals surface area (Å²) in [4.78, 5) is 10.9. The second kappa shape index (κ2) is 10.3. The molecule has 0 saturated carbocycles. The Morgan fingerprint density at radius 1 is 1.10 bits per heavy atom. The first-order valence-electron chi connectivity index (χ1n) is 10.9. The van der Waals surface area contributed by atoms with Crippen LogP contribution in [0.3, 0.4) is 0 Å². The van der Waals surface area contributed by atoms with E-state index in [0.29, 0.717) is 13.2 Å². The van der Waals surface area contributed by atoms with Crippen LogP contribution in [0.4, 0.5) is 0 Å². The molecule has 31 heavy (non-hydrogen) atoms. The molecule has 1 aromatic heterocycles. The number of hydrogen-bond donors (Lipinski definition) is 1. The van der Waals surface area contributed by atoms with Crippen molar-refractivity contribution in [2.75, 3.05) is 13.2 Å². The third kappa shape index (κ3) is 5.37. The normalized spacial score (nSPS) is 11.1. The lowest BCUT2D eigenvalue weighted by molar-refractivity contribution is -0.136. The average Bonchev–Trinajstić information content (AvgIpc) is 3.13. The summed E-state index contributed by atoms with van der Waals surface area (Å²) < 4.78 is 17.7. The van der Waals surface area contributed by atoms with Crippen molar-refractivity contribution in [2.45, 2.75) is 59.8 Å². The van der Waals surface area contributed by atoms with Crippen molar-refractivity contribution in [3.63, 3.8) is 0 Å². The first-order chi connectivity index (χ1) is 14.9. The van der Waals surface area contributed by atoms with E-state index in [-0.39, 0.29) is 6.42 Å². The summed E-state index contributed by atoms with van der Waals surface area (Å²) in [7, 11) is 0. The second-order valence-electron chi connectivity index (χ2n) is 7.83. The summed E-state index contributed by atoms with van der Waals surface area (Å²) >= 11 is 0. The Morgan fingerprint density at radius 3 is 2.45 bits per heavy atom. The molecule has 0 amide bonds. The maximum Gasteiger partial charge on any atom is 0.307 e. The minimum Gasteiger partial charge on any atom is -0.493 e. The van der Waals surface area contributed by atoms with Gasteiger partial charge in [0.05, 0.1) is 25.3 Å². The molecule has 6 nitrogen and oxygen atoms in total. The molecule has 0 aliphatic heterocycles. The van der Waals surface area contributed by atoms with Gasteiger partial charge in [-0.2, -0.15) is 0 Å². The number of aliphatic carboxylic acids is 1. The standard InChI is InChI=1S/C25H31NO5/c1-5-8-20-22(10-9-19-21(6-2)26-31-25(19)20)29-11-7-12-30-24-16(3)13-18(14-17(24)4)15-23(27)28/h9-10,13-14H,5-8,11-12,15H2,1-4H3,(H,27,28). The van der Waals surface area contributed by atoms with Gasteiger partial charge >= 0.3 is 5.97 Å². The zero-order chi connectivity index (χ0) is 22.4. The van der Waals surface area contributed by atoms with Crippen LogP contribution in [0.5, 0.6) is 11.5 Å². The van der Waals surface area contributed by atoms with Crippen molar-refractivity contribution in [3.05, 3.63) is 52.2 Å². The van der Waals surface area contributed by atoms with Gasteiger partial charge in [0, 0.05) is 17.4 Å². The van der Waals surface area contributed by atoms with Crippen molar-refractivity contribution in [1.29, 1.82) is 0 Å². The predicted molar refractivity (Wildman–Crippen MR) is 120 cm³/mol. The number of nitrogens with zero attached hydrogens (tertiary/aromatic N) is 1. The number of ether oxygens (including phenoxy) is 2. The molecule has 3 rings (SSSR count). The Kier molecular flexibility index (Phi) is 7.55. The first kappa shape index (κ1) is 22.7. The summed E-state index contributed by atoms with van der Waals surface area (Å²) in [5.74, 6) is 0.830. The van der Waals surface area contributed by atoms with E-state index in [1.807, 2.05) is 38.1 Å². The van der Waals surface area contributed by atoms with Gasteiger partial charge in [-0.1, -0.05) is 37.6 Å². The van der Waals surface area contributed by atoms with Crippen molar-refractivity contribution in [3.8, 4) is 11.5 Å². The molecule has 166 valence electrons. The van der Waals surface area contributed by atoms with E-state index in [2.05, 4.69) is 19.0 Å². The highest BCUT2D eigenvalue weighted by molar-refractivity contribution is 5.84. The van der Waals surface area contributed by atoms with Gasteiger partial charge in [-0.25, -0.2) is 0 Å². The Bertz CT molecular complexity index is 1030. The molecule has 0 bridgehead atoms. The predicted octanol–water partition coefficient (Wildman–Crippen LogP) is 5.43. The summed E-state index contributed by atoms with van der Waals surface area (Å²) in [5, 5.41) is 14.2. The largest absolute Gasteiger partial charge is 0.493 e. The summed E-state index contributed by atoms with van der Waals surface area (Å²) in [6, 6.07) is 7.80. The summed E-state index contributed by atoms with van der Waals surface area (Å²) in [5.41, 5.74) is 5.58. The maximum absolute atomic E-state index is 10.9. The number of rotatable bonds is 11. The van der Waals surface area contributed by atoms with E-state index in [1.165, 1.54) is 0 Å². The molecule has 1 N–H and O–H groups in total. The van der Waals surface area contributed by atoms with Gasteiger partial charge in [-0.05, 0) is 55.5 Å². The molecule has 0 radical (unpaired) electrons. The first-order valence-corrected chi connectivity index (χ1v) is 10.9. The molecule has 0 saturated heterocycles. The highest BCUT2D eigenvalue weighted by Crippen LogP contribution is 2.31. The van der Waals surface area contributed by atoms with E-state index >= 15 is 0 Å². The van der Waals surface area contributed by atoms with Gasteiger partial charge in [0.1, 0.15) is 11.5 Å². The lowest BCUT2D eigenvalue weighted by Crippen LogP contribution is -2.08. The fourth-order valence-corrected chi connectivity index (χ4v) is 3.93. The number of aryl methyl sites for hydroxylation is 4. The Hall–Kier alpha value is -3.02. The van der Waals surface area contributed by atoms with Crippen molar-refractivity contribution in [2.24, 2.45) is 0 Å². The molecule has 0 atom stereocenters. The number of aromatic nitrogens is 1. The van der Waals surface area contributed by atoms with E-state index in [0.717, 1.165) is 76.1 Å². The highest BCUT2D eigenvalue weighted by Gasteiger charge is 2.15. The molecule has 0 spiro atoms. The van der Waals surface area contributed by atoms with Crippen molar-refractivity contribution >= 4 is 16.9 Å². The number of benzene rings is 2. The Labute approximate surface area is 183 Å². The molecule has 6 heteroatoms. The average molecular weight is 426 g/mol. The van der Waals surface area contributed by atoms with E-state index in [4.69, 9.17) is 19.1 Å². The summed E-state index contributed by atoms with van der Waals surface area (Å²) in [6.45, 7) is 9.15. The minimum atomic E-state index is -0.832. The number of carboxylic acids is 1. The van der Waals surface area contributed by atoms with Crippen LogP contribution in [-0.2, 0) is 24.1 Å². The van der Waals surface area contributed by atoms with Crippen LogP contribution in [0.25, 0.3) is 11.0 Å². The summed E-state index contributed by atoms with van der Waals surface area (Å²) in [6.07, 6.45) is 3.47. The maximum atomic E-state index is 10.9. The van der Waals surface area contributed by atoms with Gasteiger partial charge in [-0.3, -0.25) is 4.79 Å². The fraction of sp³-hybridized carbons (Fsp3) is 0.440. The lowest BCUT2D eigenvalue weighted by Gasteiger charge is -2.15. The van der Waals surface area contributed by atoms with Crippen LogP contribution in [0, 0.1) is 13.8 Å². The van der Waals surface area contributed by atoms with E-state index in [9.17, 15) is 4.79 Å². The molecule has 0 aliphatic carbocycles. The number of carbonyl (C=O) groups is 1. The molecule has 0 aliphatic rings.